The van der Waals surface area contributed by atoms with Crippen LogP contribution in [0.1, 0.15) is 16.1 Å². The van der Waals surface area contributed by atoms with E-state index < -0.39 is 11.7 Å². The van der Waals surface area contributed by atoms with E-state index in [2.05, 4.69) is 47.1 Å². The summed E-state index contributed by atoms with van der Waals surface area (Å²) in [6.45, 7) is -0.0442. The van der Waals surface area contributed by atoms with Crippen molar-refractivity contribution in [1.29, 1.82) is 0 Å². The first-order chi connectivity index (χ1) is 12.8. The van der Waals surface area contributed by atoms with Gasteiger partial charge in [0.1, 0.15) is 16.0 Å². The zero-order chi connectivity index (χ0) is 19.6. The number of nitrogens with two attached hydrogens (primary N) is 1. The van der Waals surface area contributed by atoms with E-state index in [0.29, 0.717) is 25.5 Å². The molecule has 0 atom stereocenters. The maximum atomic E-state index is 14.9. The molecule has 2 aromatic carbocycles. The van der Waals surface area contributed by atoms with Crippen molar-refractivity contribution in [3.8, 4) is 11.5 Å². The van der Waals surface area contributed by atoms with E-state index in [4.69, 9.17) is 22.1 Å². The summed E-state index contributed by atoms with van der Waals surface area (Å²) in [4.78, 5) is 18.7. The zero-order valence-corrected chi connectivity index (χ0v) is 17.5. The lowest BCUT2D eigenvalue weighted by Gasteiger charge is -2.13. The molecule has 3 aromatic rings. The van der Waals surface area contributed by atoms with Gasteiger partial charge in [-0.05, 0) is 50.1 Å². The number of imidazole rings is 1. The number of rotatable bonds is 5. The third-order valence-electron chi connectivity index (χ3n) is 3.50. The van der Waals surface area contributed by atoms with E-state index in [1.54, 1.807) is 18.2 Å². The minimum atomic E-state index is -0.619. The Labute approximate surface area is 175 Å². The van der Waals surface area contributed by atoms with Crippen LogP contribution in [0, 0.1) is 5.82 Å². The fourth-order valence-electron chi connectivity index (χ4n) is 2.27. The molecule has 0 unspecified atom stereocenters. The van der Waals surface area contributed by atoms with Crippen LogP contribution >= 0.6 is 43.5 Å². The Kier molecular flexibility index (Phi) is 6.03. The van der Waals surface area contributed by atoms with Gasteiger partial charge >= 0.3 is 0 Å². The molecule has 140 valence electrons. The Bertz CT molecular complexity index is 992. The number of hydrogen-bond acceptors (Lipinski definition) is 4. The van der Waals surface area contributed by atoms with Crippen LogP contribution in [-0.2, 0) is 6.54 Å². The van der Waals surface area contributed by atoms with Gasteiger partial charge < -0.3 is 20.8 Å². The molecule has 0 aliphatic rings. The smallest absolute Gasteiger partial charge is 0.270 e. The lowest BCUT2D eigenvalue weighted by molar-refractivity contribution is 0.0945. The van der Waals surface area contributed by atoms with Crippen molar-refractivity contribution in [3.05, 3.63) is 67.8 Å². The maximum Gasteiger partial charge on any atom is 0.270 e. The van der Waals surface area contributed by atoms with Crippen LogP contribution in [0.2, 0.25) is 5.02 Å². The normalized spacial score (nSPS) is 10.7. The van der Waals surface area contributed by atoms with E-state index in [-0.39, 0.29) is 23.6 Å². The zero-order valence-electron chi connectivity index (χ0n) is 13.5. The maximum absolute atomic E-state index is 14.9. The number of ether oxygens (including phenoxy) is 1. The Morgan fingerprint density at radius 3 is 2.78 bits per heavy atom. The molecule has 4 N–H and O–H groups in total. The van der Waals surface area contributed by atoms with Gasteiger partial charge in [0.2, 0.25) is 0 Å². The molecule has 1 heterocycles. The standard InChI is InChI=1S/C17H12Br2ClFN4O2/c18-12-2-1-8(6-23-17(26)14-16(19)25-7-24-14)13(21)15(12)27-11-4-9(20)3-10(22)5-11/h1-5,7H,6,22H2,(H,23,26)(H,24,25). The minimum absolute atomic E-state index is 0.0360. The SMILES string of the molecule is Nc1cc(Cl)cc(Oc2c(Br)ccc(CNC(=O)c3[nH]cnc3Br)c2F)c1. The van der Waals surface area contributed by atoms with Gasteiger partial charge in [0.25, 0.3) is 5.91 Å². The van der Waals surface area contributed by atoms with Gasteiger partial charge in [0.05, 0.1) is 10.8 Å². The lowest BCUT2D eigenvalue weighted by atomic mass is 10.2. The second kappa shape index (κ2) is 8.28. The van der Waals surface area contributed by atoms with Crippen LogP contribution in [-0.4, -0.2) is 15.9 Å². The van der Waals surface area contributed by atoms with Gasteiger partial charge in [-0.15, -0.1) is 0 Å². The number of carbonyl (C=O) groups is 1. The van der Waals surface area contributed by atoms with Gasteiger partial charge in [0.15, 0.2) is 11.6 Å². The topological polar surface area (TPSA) is 93.0 Å². The summed E-state index contributed by atoms with van der Waals surface area (Å²) >= 11 is 12.4. The molecule has 3 rings (SSSR count). The van der Waals surface area contributed by atoms with E-state index in [9.17, 15) is 9.18 Å². The van der Waals surface area contributed by atoms with Crippen molar-refractivity contribution in [2.45, 2.75) is 6.54 Å². The number of nitrogens with one attached hydrogen (secondary N) is 2. The van der Waals surface area contributed by atoms with E-state index in [1.165, 1.54) is 18.5 Å². The van der Waals surface area contributed by atoms with Crippen LogP contribution in [0.5, 0.6) is 11.5 Å². The Hall–Kier alpha value is -2.10. The highest BCUT2D eigenvalue weighted by molar-refractivity contribution is 9.10. The molecule has 27 heavy (non-hydrogen) atoms. The predicted octanol–water partition coefficient (Wildman–Crippen LogP) is 5.03. The van der Waals surface area contributed by atoms with Gasteiger partial charge in [-0.3, -0.25) is 4.79 Å². The first-order valence-corrected chi connectivity index (χ1v) is 9.49. The van der Waals surface area contributed by atoms with Gasteiger partial charge in [-0.2, -0.15) is 0 Å². The average molecular weight is 519 g/mol. The second-order valence-electron chi connectivity index (χ2n) is 5.42. The summed E-state index contributed by atoms with van der Waals surface area (Å²) < 4.78 is 21.3. The number of aromatic amines is 1. The van der Waals surface area contributed by atoms with Crippen LogP contribution in [0.3, 0.4) is 0 Å². The molecule has 0 saturated heterocycles. The largest absolute Gasteiger partial charge is 0.453 e. The van der Waals surface area contributed by atoms with E-state index in [1.807, 2.05) is 0 Å². The highest BCUT2D eigenvalue weighted by Gasteiger charge is 2.17. The summed E-state index contributed by atoms with van der Waals surface area (Å²) in [7, 11) is 0. The third-order valence-corrected chi connectivity index (χ3v) is 4.95. The quantitative estimate of drug-likeness (QED) is 0.413. The molecule has 0 saturated carbocycles. The number of hydrogen-bond donors (Lipinski definition) is 3. The van der Waals surface area contributed by atoms with Crippen LogP contribution in [0.15, 0.2) is 45.7 Å². The summed E-state index contributed by atoms with van der Waals surface area (Å²) in [6.07, 6.45) is 1.38. The van der Waals surface area contributed by atoms with E-state index in [0.717, 1.165) is 0 Å². The molecule has 6 nitrogen and oxygen atoms in total. The summed E-state index contributed by atoms with van der Waals surface area (Å²) in [5.41, 5.74) is 6.61. The van der Waals surface area contributed by atoms with Crippen molar-refractivity contribution in [2.75, 3.05) is 5.73 Å². The Morgan fingerprint density at radius 2 is 2.11 bits per heavy atom. The molecular formula is C17H12Br2ClFN4O2. The molecule has 0 radical (unpaired) electrons. The summed E-state index contributed by atoms with van der Waals surface area (Å²) in [5, 5.41) is 2.99. The van der Waals surface area contributed by atoms with Gasteiger partial charge in [-0.25, -0.2) is 9.37 Å². The van der Waals surface area contributed by atoms with Crippen LogP contribution in [0.25, 0.3) is 0 Å². The molecule has 0 aliphatic carbocycles. The van der Waals surface area contributed by atoms with Gasteiger partial charge in [-0.1, -0.05) is 17.7 Å². The number of halogens is 4. The summed E-state index contributed by atoms with van der Waals surface area (Å²) in [5.74, 6) is -0.785. The molecule has 1 amide bonds. The predicted molar refractivity (Wildman–Crippen MR) is 107 cm³/mol. The second-order valence-corrected chi connectivity index (χ2v) is 7.46. The fraction of sp³-hybridized carbons (Fsp3) is 0.0588. The number of H-pyrrole nitrogens is 1. The van der Waals surface area contributed by atoms with Crippen molar-refractivity contribution in [3.63, 3.8) is 0 Å². The first-order valence-electron chi connectivity index (χ1n) is 7.53. The fourth-order valence-corrected chi connectivity index (χ4v) is 3.28. The van der Waals surface area contributed by atoms with Crippen molar-refractivity contribution in [2.24, 2.45) is 0 Å². The number of benzene rings is 2. The molecule has 0 bridgehead atoms. The average Bonchev–Trinajstić information content (AvgIpc) is 3.03. The minimum Gasteiger partial charge on any atom is -0.453 e. The Balaban J connectivity index is 1.81. The number of nitrogens with zero attached hydrogens (tertiary/aromatic N) is 1. The molecule has 0 fully saturated rings. The molecule has 10 heteroatoms. The molecule has 1 aromatic heterocycles. The monoisotopic (exact) mass is 516 g/mol. The number of nitrogen functional groups attached to an aromatic ring is 1. The van der Waals surface area contributed by atoms with Crippen molar-refractivity contribution < 1.29 is 13.9 Å². The van der Waals surface area contributed by atoms with Crippen molar-refractivity contribution >= 4 is 55.1 Å². The highest BCUT2D eigenvalue weighted by Crippen LogP contribution is 2.35. The highest BCUT2D eigenvalue weighted by atomic mass is 79.9. The van der Waals surface area contributed by atoms with E-state index >= 15 is 0 Å². The third kappa shape index (κ3) is 4.60. The van der Waals surface area contributed by atoms with Crippen LogP contribution in [0.4, 0.5) is 10.1 Å². The van der Waals surface area contributed by atoms with Crippen LogP contribution < -0.4 is 15.8 Å². The number of anilines is 1. The first kappa shape index (κ1) is 19.7. The number of aromatic nitrogens is 2. The number of carbonyl (C=O) groups excluding carboxylic acids is 1. The number of amides is 1. The molecule has 0 aliphatic heterocycles. The molecular weight excluding hydrogens is 506 g/mol. The molecule has 0 spiro atoms. The Morgan fingerprint density at radius 1 is 1.33 bits per heavy atom. The summed E-state index contributed by atoms with van der Waals surface area (Å²) in [6, 6.07) is 7.77. The lowest BCUT2D eigenvalue weighted by Crippen LogP contribution is -2.24. The van der Waals surface area contributed by atoms with Gasteiger partial charge in [0, 0.05) is 28.9 Å². The van der Waals surface area contributed by atoms with Crippen molar-refractivity contribution in [1.82, 2.24) is 15.3 Å².